The van der Waals surface area contributed by atoms with E-state index < -0.39 is 0 Å². The van der Waals surface area contributed by atoms with Gasteiger partial charge in [-0.05, 0) is 45.7 Å². The van der Waals surface area contributed by atoms with Crippen molar-refractivity contribution in [3.8, 4) is 0 Å². The number of morpholine rings is 1. The highest BCUT2D eigenvalue weighted by molar-refractivity contribution is 5.81. The normalized spacial score (nSPS) is 23.3. The minimum absolute atomic E-state index is 0.00960. The second kappa shape index (κ2) is 8.09. The summed E-state index contributed by atoms with van der Waals surface area (Å²) < 4.78 is 11.1. The predicted molar refractivity (Wildman–Crippen MR) is 89.6 cm³/mol. The number of aromatic nitrogens is 1. The van der Waals surface area contributed by atoms with Crippen LogP contribution in [0.1, 0.15) is 30.2 Å². The van der Waals surface area contributed by atoms with Gasteiger partial charge >= 0.3 is 0 Å². The van der Waals surface area contributed by atoms with Gasteiger partial charge in [0.1, 0.15) is 11.9 Å². The number of carbonyl (C=O) groups excluding carboxylic acids is 1. The predicted octanol–water partition coefficient (Wildman–Crippen LogP) is 0.608. The summed E-state index contributed by atoms with van der Waals surface area (Å²) in [5.41, 5.74) is 0.974. The van der Waals surface area contributed by atoms with Crippen molar-refractivity contribution in [2.75, 3.05) is 39.3 Å². The number of amides is 1. The Kier molecular flexibility index (Phi) is 5.86. The average Bonchev–Trinajstić information content (AvgIpc) is 2.92. The molecule has 2 saturated heterocycles. The van der Waals surface area contributed by atoms with Crippen molar-refractivity contribution in [3.05, 3.63) is 17.3 Å². The Labute approximate surface area is 143 Å². The number of carbonyl (C=O) groups is 1. The zero-order valence-electron chi connectivity index (χ0n) is 14.6. The third kappa shape index (κ3) is 4.55. The molecule has 0 aromatic carbocycles. The number of aryl methyl sites for hydroxylation is 2. The number of rotatable bonds is 5. The van der Waals surface area contributed by atoms with E-state index in [-0.39, 0.29) is 12.0 Å². The van der Waals surface area contributed by atoms with Gasteiger partial charge in [0, 0.05) is 19.6 Å². The molecule has 24 heavy (non-hydrogen) atoms. The fourth-order valence-corrected chi connectivity index (χ4v) is 3.24. The first-order valence-electron chi connectivity index (χ1n) is 8.87. The highest BCUT2D eigenvalue weighted by atomic mass is 16.5. The van der Waals surface area contributed by atoms with Crippen molar-refractivity contribution in [3.63, 3.8) is 0 Å². The fraction of sp³-hybridized carbons (Fsp3) is 0.765. The Morgan fingerprint density at radius 3 is 2.79 bits per heavy atom. The van der Waals surface area contributed by atoms with Crippen molar-refractivity contribution in [1.82, 2.24) is 20.5 Å². The van der Waals surface area contributed by atoms with Crippen molar-refractivity contribution in [2.45, 2.75) is 39.3 Å². The summed E-state index contributed by atoms with van der Waals surface area (Å²) in [4.78, 5) is 18.9. The molecular formula is C17H28N4O3. The van der Waals surface area contributed by atoms with Crippen LogP contribution in [-0.4, -0.2) is 61.2 Å². The lowest BCUT2D eigenvalue weighted by Crippen LogP contribution is -2.49. The molecule has 0 aliphatic carbocycles. The van der Waals surface area contributed by atoms with E-state index in [1.165, 1.54) is 0 Å². The molecule has 3 heterocycles. The average molecular weight is 336 g/mol. The summed E-state index contributed by atoms with van der Waals surface area (Å²) in [6, 6.07) is 0. The van der Waals surface area contributed by atoms with E-state index >= 15 is 0 Å². The topological polar surface area (TPSA) is 79.6 Å². The molecule has 0 radical (unpaired) electrons. The van der Waals surface area contributed by atoms with Crippen LogP contribution >= 0.6 is 0 Å². The molecule has 2 aliphatic heterocycles. The molecule has 3 rings (SSSR count). The first-order valence-corrected chi connectivity index (χ1v) is 8.87. The Hall–Kier alpha value is -1.44. The third-order valence-electron chi connectivity index (χ3n) is 4.92. The molecule has 1 unspecified atom stereocenters. The molecule has 0 saturated carbocycles. The van der Waals surface area contributed by atoms with Crippen LogP contribution in [0.15, 0.2) is 4.42 Å². The largest absolute Gasteiger partial charge is 0.444 e. The van der Waals surface area contributed by atoms with Gasteiger partial charge in [0.2, 0.25) is 11.8 Å². The fourth-order valence-electron chi connectivity index (χ4n) is 3.24. The number of nitrogens with zero attached hydrogens (tertiary/aromatic N) is 2. The van der Waals surface area contributed by atoms with Gasteiger partial charge in [-0.25, -0.2) is 4.98 Å². The number of hydrogen-bond donors (Lipinski definition) is 2. The smallest absolute Gasteiger partial charge is 0.250 e. The maximum Gasteiger partial charge on any atom is 0.250 e. The van der Waals surface area contributed by atoms with Crippen molar-refractivity contribution >= 4 is 5.91 Å². The number of nitrogens with one attached hydrogen (secondary N) is 2. The quantitative estimate of drug-likeness (QED) is 0.820. The van der Waals surface area contributed by atoms with E-state index in [0.29, 0.717) is 19.1 Å². The van der Waals surface area contributed by atoms with E-state index in [1.807, 2.05) is 13.8 Å². The molecule has 0 bridgehead atoms. The lowest BCUT2D eigenvalue weighted by molar-refractivity contribution is -0.134. The molecule has 2 aliphatic rings. The van der Waals surface area contributed by atoms with Crippen LogP contribution in [0.5, 0.6) is 0 Å². The summed E-state index contributed by atoms with van der Waals surface area (Å²) in [5.74, 6) is 2.26. The van der Waals surface area contributed by atoms with Crippen molar-refractivity contribution in [1.29, 1.82) is 0 Å². The lowest BCUT2D eigenvalue weighted by Gasteiger charge is -2.31. The minimum atomic E-state index is -0.338. The third-order valence-corrected chi connectivity index (χ3v) is 4.92. The molecule has 1 aromatic rings. The lowest BCUT2D eigenvalue weighted by atomic mass is 9.96. The number of likely N-dealkylation sites (tertiary alicyclic amines) is 1. The molecule has 1 amide bonds. The van der Waals surface area contributed by atoms with Crippen molar-refractivity contribution in [2.24, 2.45) is 5.92 Å². The highest BCUT2D eigenvalue weighted by Crippen LogP contribution is 2.19. The zero-order valence-corrected chi connectivity index (χ0v) is 14.6. The van der Waals surface area contributed by atoms with E-state index in [4.69, 9.17) is 9.15 Å². The second-order valence-electron chi connectivity index (χ2n) is 6.78. The molecule has 2 N–H and O–H groups in total. The minimum Gasteiger partial charge on any atom is -0.444 e. The molecule has 7 heteroatoms. The molecular weight excluding hydrogens is 308 g/mol. The number of ether oxygens (including phenoxy) is 1. The van der Waals surface area contributed by atoms with Gasteiger partial charge in [0.15, 0.2) is 0 Å². The summed E-state index contributed by atoms with van der Waals surface area (Å²) in [6.07, 6.45) is 1.83. The number of oxazole rings is 1. The molecule has 7 nitrogen and oxygen atoms in total. The SMILES string of the molecule is Cc1nc(CN2CCC(CNC(=O)C3CNCCO3)CC2)oc1C. The van der Waals surface area contributed by atoms with Gasteiger partial charge in [0.05, 0.1) is 18.8 Å². The van der Waals surface area contributed by atoms with E-state index in [9.17, 15) is 4.79 Å². The van der Waals surface area contributed by atoms with Crippen LogP contribution in [0.2, 0.25) is 0 Å². The van der Waals surface area contributed by atoms with Gasteiger partial charge in [-0.2, -0.15) is 0 Å². The van der Waals surface area contributed by atoms with Crippen LogP contribution in [0.3, 0.4) is 0 Å². The van der Waals surface area contributed by atoms with Crippen LogP contribution in [-0.2, 0) is 16.1 Å². The molecule has 1 atom stereocenters. The Balaban J connectivity index is 1.36. The van der Waals surface area contributed by atoms with E-state index in [0.717, 1.165) is 62.9 Å². The Morgan fingerprint density at radius 2 is 2.17 bits per heavy atom. The summed E-state index contributed by atoms with van der Waals surface area (Å²) in [7, 11) is 0. The monoisotopic (exact) mass is 336 g/mol. The summed E-state index contributed by atoms with van der Waals surface area (Å²) in [6.45, 7) is 9.51. The van der Waals surface area contributed by atoms with E-state index in [2.05, 4.69) is 20.5 Å². The van der Waals surface area contributed by atoms with Gasteiger partial charge in [-0.15, -0.1) is 0 Å². The molecule has 1 aromatic heterocycles. The van der Waals surface area contributed by atoms with Crippen molar-refractivity contribution < 1.29 is 13.9 Å². The van der Waals surface area contributed by atoms with Crippen LogP contribution < -0.4 is 10.6 Å². The standard InChI is InChI=1S/C17H28N4O3/c1-12-13(2)24-16(20-12)11-21-6-3-14(4-7-21)9-19-17(22)15-10-18-5-8-23-15/h14-15,18H,3-11H2,1-2H3,(H,19,22). The van der Waals surface area contributed by atoms with Crippen LogP contribution in [0, 0.1) is 19.8 Å². The van der Waals surface area contributed by atoms with Gasteiger partial charge < -0.3 is 19.8 Å². The van der Waals surface area contributed by atoms with Gasteiger partial charge in [-0.1, -0.05) is 0 Å². The Morgan fingerprint density at radius 1 is 1.38 bits per heavy atom. The summed E-state index contributed by atoms with van der Waals surface area (Å²) >= 11 is 0. The van der Waals surface area contributed by atoms with Gasteiger partial charge in [-0.3, -0.25) is 9.69 Å². The second-order valence-corrected chi connectivity index (χ2v) is 6.78. The molecule has 134 valence electrons. The first kappa shape index (κ1) is 17.4. The van der Waals surface area contributed by atoms with Crippen LogP contribution in [0.25, 0.3) is 0 Å². The molecule has 0 spiro atoms. The zero-order chi connectivity index (χ0) is 16.9. The first-order chi connectivity index (χ1) is 11.6. The molecule has 2 fully saturated rings. The van der Waals surface area contributed by atoms with Crippen LogP contribution in [0.4, 0.5) is 0 Å². The Bertz CT molecular complexity index is 527. The highest BCUT2D eigenvalue weighted by Gasteiger charge is 2.24. The number of hydrogen-bond acceptors (Lipinski definition) is 6. The number of piperidine rings is 1. The van der Waals surface area contributed by atoms with Gasteiger partial charge in [0.25, 0.3) is 0 Å². The maximum absolute atomic E-state index is 12.1. The summed E-state index contributed by atoms with van der Waals surface area (Å²) in [5, 5.41) is 6.23. The maximum atomic E-state index is 12.1. The van der Waals surface area contributed by atoms with E-state index in [1.54, 1.807) is 0 Å².